The lowest BCUT2D eigenvalue weighted by molar-refractivity contribution is 0.0827. The molecule has 0 fully saturated rings. The minimum Gasteiger partial charge on any atom is -0.356 e. The van der Waals surface area contributed by atoms with Gasteiger partial charge in [-0.15, -0.1) is 24.0 Å². The van der Waals surface area contributed by atoms with Gasteiger partial charge < -0.3 is 15.5 Å². The number of aryl methyl sites for hydroxylation is 1. The second-order valence-corrected chi connectivity index (χ2v) is 8.22. The normalized spacial score (nSPS) is 10.9. The number of amides is 1. The Balaban J connectivity index is 0.00000450. The van der Waals surface area contributed by atoms with Crippen LogP contribution in [0.15, 0.2) is 53.5 Å². The van der Waals surface area contributed by atoms with Gasteiger partial charge in [0.05, 0.1) is 0 Å². The van der Waals surface area contributed by atoms with Crippen LogP contribution in [0.1, 0.15) is 27.0 Å². The number of carbonyl (C=O) groups excluding carboxylic acids is 1. The summed E-state index contributed by atoms with van der Waals surface area (Å²) < 4.78 is 0. The molecule has 0 spiro atoms. The van der Waals surface area contributed by atoms with Crippen LogP contribution in [0.2, 0.25) is 0 Å². The van der Waals surface area contributed by atoms with Crippen molar-refractivity contribution in [1.29, 1.82) is 0 Å². The Bertz CT molecular complexity index is 809. The van der Waals surface area contributed by atoms with Gasteiger partial charge in [-0.1, -0.05) is 42.0 Å². The maximum absolute atomic E-state index is 12.1. The molecule has 0 heterocycles. The Morgan fingerprint density at radius 3 is 2.40 bits per heavy atom. The SMILES string of the molecule is CN=C(NCCSCc1ccc(C)cc1)NCCc1cccc(C(=O)N(C)C)c1.I. The highest BCUT2D eigenvalue weighted by Crippen LogP contribution is 2.12. The summed E-state index contributed by atoms with van der Waals surface area (Å²) in [6.45, 7) is 3.73. The average molecular weight is 541 g/mol. The number of aliphatic imine (C=N–C) groups is 1. The summed E-state index contributed by atoms with van der Waals surface area (Å²) in [4.78, 5) is 18.0. The summed E-state index contributed by atoms with van der Waals surface area (Å²) in [5.41, 5.74) is 4.51. The Hall–Kier alpha value is -1.74. The highest BCUT2D eigenvalue weighted by atomic mass is 127. The molecule has 7 heteroatoms. The molecule has 1 amide bonds. The van der Waals surface area contributed by atoms with Crippen molar-refractivity contribution in [3.8, 4) is 0 Å². The zero-order valence-corrected chi connectivity index (χ0v) is 21.4. The molecule has 0 saturated carbocycles. The van der Waals surface area contributed by atoms with E-state index in [1.54, 1.807) is 26.0 Å². The lowest BCUT2D eigenvalue weighted by Crippen LogP contribution is -2.39. The summed E-state index contributed by atoms with van der Waals surface area (Å²) in [5, 5.41) is 6.69. The molecule has 0 bridgehead atoms. The minimum atomic E-state index is 0. The lowest BCUT2D eigenvalue weighted by Gasteiger charge is -2.13. The van der Waals surface area contributed by atoms with E-state index in [0.717, 1.165) is 48.1 Å². The molecular formula is C23H33IN4OS. The van der Waals surface area contributed by atoms with Crippen molar-refractivity contribution in [2.75, 3.05) is 40.0 Å². The number of nitrogens with zero attached hydrogens (tertiary/aromatic N) is 2. The van der Waals surface area contributed by atoms with E-state index in [1.807, 2.05) is 36.0 Å². The predicted octanol–water partition coefficient (Wildman–Crippen LogP) is 3.96. The smallest absolute Gasteiger partial charge is 0.253 e. The van der Waals surface area contributed by atoms with Gasteiger partial charge in [-0.25, -0.2) is 0 Å². The fraction of sp³-hybridized carbons (Fsp3) is 0.391. The number of halogens is 1. The van der Waals surface area contributed by atoms with Gasteiger partial charge in [0.2, 0.25) is 0 Å². The molecule has 0 aliphatic heterocycles. The number of benzene rings is 2. The van der Waals surface area contributed by atoms with Crippen molar-refractivity contribution in [3.63, 3.8) is 0 Å². The van der Waals surface area contributed by atoms with Gasteiger partial charge in [-0.2, -0.15) is 11.8 Å². The molecule has 0 atom stereocenters. The number of rotatable bonds is 9. The summed E-state index contributed by atoms with van der Waals surface area (Å²) in [5.74, 6) is 2.88. The quantitative estimate of drug-likeness (QED) is 0.219. The summed E-state index contributed by atoms with van der Waals surface area (Å²) in [7, 11) is 5.32. The van der Waals surface area contributed by atoms with Gasteiger partial charge in [-0.3, -0.25) is 9.79 Å². The van der Waals surface area contributed by atoms with Gasteiger partial charge in [0.25, 0.3) is 5.91 Å². The number of hydrogen-bond donors (Lipinski definition) is 2. The van der Waals surface area contributed by atoms with Crippen LogP contribution in [0, 0.1) is 6.92 Å². The Morgan fingerprint density at radius 2 is 1.73 bits per heavy atom. The van der Waals surface area contributed by atoms with Crippen LogP contribution >= 0.6 is 35.7 Å². The predicted molar refractivity (Wildman–Crippen MR) is 140 cm³/mol. The molecular weight excluding hydrogens is 507 g/mol. The summed E-state index contributed by atoms with van der Waals surface area (Å²) >= 11 is 1.91. The van der Waals surface area contributed by atoms with Crippen LogP contribution in [-0.4, -0.2) is 56.8 Å². The molecule has 30 heavy (non-hydrogen) atoms. The van der Waals surface area contributed by atoms with Gasteiger partial charge >= 0.3 is 0 Å². The monoisotopic (exact) mass is 540 g/mol. The standard InChI is InChI=1S/C23H32N4OS.HI/c1-18-8-10-20(11-9-18)17-29-15-14-26-23(24-2)25-13-12-19-6-5-7-21(16-19)22(28)27(3)4;/h5-11,16H,12-15,17H2,1-4H3,(H2,24,25,26);1H. The summed E-state index contributed by atoms with van der Waals surface area (Å²) in [6.07, 6.45) is 0.831. The largest absolute Gasteiger partial charge is 0.356 e. The first-order chi connectivity index (χ1) is 14.0. The van der Waals surface area contributed by atoms with Gasteiger partial charge in [0.1, 0.15) is 0 Å². The second-order valence-electron chi connectivity index (χ2n) is 7.11. The molecule has 0 aliphatic rings. The van der Waals surface area contributed by atoms with Crippen molar-refractivity contribution in [1.82, 2.24) is 15.5 Å². The first-order valence-electron chi connectivity index (χ1n) is 9.88. The third kappa shape index (κ3) is 9.38. The first-order valence-corrected chi connectivity index (χ1v) is 11.0. The molecule has 2 N–H and O–H groups in total. The highest BCUT2D eigenvalue weighted by Gasteiger charge is 2.08. The molecule has 5 nitrogen and oxygen atoms in total. The number of guanidine groups is 1. The fourth-order valence-electron chi connectivity index (χ4n) is 2.78. The van der Waals surface area contributed by atoms with Gasteiger partial charge in [0, 0.05) is 51.3 Å². The van der Waals surface area contributed by atoms with Gasteiger partial charge in [-0.05, 0) is 36.6 Å². The molecule has 2 aromatic carbocycles. The molecule has 2 rings (SSSR count). The van der Waals surface area contributed by atoms with Crippen LogP contribution in [0.25, 0.3) is 0 Å². The Kier molecular flexibility index (Phi) is 12.5. The van der Waals surface area contributed by atoms with Crippen molar-refractivity contribution < 1.29 is 4.79 Å². The fourth-order valence-corrected chi connectivity index (χ4v) is 3.60. The number of hydrogen-bond acceptors (Lipinski definition) is 3. The number of thioether (sulfide) groups is 1. The van der Waals surface area contributed by atoms with Crippen LogP contribution in [0.4, 0.5) is 0 Å². The molecule has 0 aliphatic carbocycles. The van der Waals surface area contributed by atoms with E-state index >= 15 is 0 Å². The van der Waals surface area contributed by atoms with E-state index in [4.69, 9.17) is 0 Å². The van der Waals surface area contributed by atoms with E-state index in [2.05, 4.69) is 46.8 Å². The average Bonchev–Trinajstić information content (AvgIpc) is 2.73. The van der Waals surface area contributed by atoms with Crippen LogP contribution in [-0.2, 0) is 12.2 Å². The molecule has 2 aromatic rings. The molecule has 0 radical (unpaired) electrons. The van der Waals surface area contributed by atoms with E-state index < -0.39 is 0 Å². The molecule has 0 aromatic heterocycles. The van der Waals surface area contributed by atoms with Gasteiger partial charge in [0.15, 0.2) is 5.96 Å². The second kappa shape index (κ2) is 14.3. The maximum Gasteiger partial charge on any atom is 0.253 e. The topological polar surface area (TPSA) is 56.7 Å². The van der Waals surface area contributed by atoms with Crippen molar-refractivity contribution >= 4 is 47.6 Å². The third-order valence-electron chi connectivity index (χ3n) is 4.44. The minimum absolute atomic E-state index is 0. The Morgan fingerprint density at radius 1 is 1.03 bits per heavy atom. The van der Waals surface area contributed by atoms with E-state index in [9.17, 15) is 4.79 Å². The van der Waals surface area contributed by atoms with Crippen LogP contribution < -0.4 is 10.6 Å². The van der Waals surface area contributed by atoms with E-state index in [1.165, 1.54) is 11.1 Å². The van der Waals surface area contributed by atoms with Crippen molar-refractivity contribution in [2.45, 2.75) is 19.1 Å². The Labute approximate surface area is 202 Å². The number of carbonyl (C=O) groups is 1. The van der Waals surface area contributed by atoms with Crippen molar-refractivity contribution in [2.24, 2.45) is 4.99 Å². The zero-order valence-electron chi connectivity index (χ0n) is 18.3. The maximum atomic E-state index is 12.1. The van der Waals surface area contributed by atoms with E-state index in [-0.39, 0.29) is 29.9 Å². The van der Waals surface area contributed by atoms with Crippen LogP contribution in [0.3, 0.4) is 0 Å². The highest BCUT2D eigenvalue weighted by molar-refractivity contribution is 14.0. The molecule has 164 valence electrons. The van der Waals surface area contributed by atoms with E-state index in [0.29, 0.717) is 0 Å². The summed E-state index contributed by atoms with van der Waals surface area (Å²) in [6, 6.07) is 16.5. The molecule has 0 unspecified atom stereocenters. The first kappa shape index (κ1) is 26.3. The third-order valence-corrected chi connectivity index (χ3v) is 5.47. The zero-order chi connectivity index (χ0) is 21.1. The van der Waals surface area contributed by atoms with Crippen molar-refractivity contribution in [3.05, 3.63) is 70.8 Å². The molecule has 0 saturated heterocycles. The lowest BCUT2D eigenvalue weighted by atomic mass is 10.1. The van der Waals surface area contributed by atoms with Crippen LogP contribution in [0.5, 0.6) is 0 Å². The number of nitrogens with one attached hydrogen (secondary N) is 2.